The monoisotopic (exact) mass is 416 g/mol. The van der Waals surface area contributed by atoms with Crippen molar-refractivity contribution in [1.29, 1.82) is 0 Å². The van der Waals surface area contributed by atoms with Crippen LogP contribution in [0.2, 0.25) is 0 Å². The SMILES string of the molecule is O=C(Nc1ccc2[nH]c(=O)[nH]c2c1)C1CC2CCC1N2C(=O)c1ccc2nc[nH]c2c1. The van der Waals surface area contributed by atoms with Crippen LogP contribution < -0.4 is 11.0 Å². The number of hydrogen-bond donors (Lipinski definition) is 4. The molecule has 2 fully saturated rings. The van der Waals surface area contributed by atoms with E-state index in [2.05, 4.69) is 25.3 Å². The molecule has 2 amide bonds. The molecule has 2 saturated heterocycles. The van der Waals surface area contributed by atoms with Crippen molar-refractivity contribution in [1.82, 2.24) is 24.8 Å². The quantitative estimate of drug-likeness (QED) is 0.409. The number of H-pyrrole nitrogens is 3. The molecule has 0 aliphatic carbocycles. The third-order valence-electron chi connectivity index (χ3n) is 6.56. The Morgan fingerprint density at radius 2 is 1.90 bits per heavy atom. The van der Waals surface area contributed by atoms with E-state index in [1.807, 2.05) is 17.0 Å². The number of anilines is 1. The lowest BCUT2D eigenvalue weighted by atomic mass is 9.88. The Morgan fingerprint density at radius 3 is 2.81 bits per heavy atom. The van der Waals surface area contributed by atoms with E-state index in [0.717, 1.165) is 23.9 Å². The van der Waals surface area contributed by atoms with Gasteiger partial charge in [-0.3, -0.25) is 9.59 Å². The first-order chi connectivity index (χ1) is 15.1. The first-order valence-corrected chi connectivity index (χ1v) is 10.4. The van der Waals surface area contributed by atoms with Gasteiger partial charge in [0.05, 0.1) is 34.3 Å². The highest BCUT2D eigenvalue weighted by Crippen LogP contribution is 2.43. The summed E-state index contributed by atoms with van der Waals surface area (Å²) >= 11 is 0. The highest BCUT2D eigenvalue weighted by atomic mass is 16.2. The largest absolute Gasteiger partial charge is 0.345 e. The minimum atomic E-state index is -0.283. The number of rotatable bonds is 3. The minimum absolute atomic E-state index is 0.0365. The van der Waals surface area contributed by atoms with Crippen LogP contribution in [0.3, 0.4) is 0 Å². The van der Waals surface area contributed by atoms with Crippen LogP contribution in [-0.2, 0) is 4.79 Å². The summed E-state index contributed by atoms with van der Waals surface area (Å²) in [7, 11) is 0. The molecule has 3 unspecified atom stereocenters. The third kappa shape index (κ3) is 2.84. The number of hydrogen-bond acceptors (Lipinski definition) is 4. The fourth-order valence-electron chi connectivity index (χ4n) is 5.15. The molecule has 6 rings (SSSR count). The van der Waals surface area contributed by atoms with Crippen LogP contribution in [0.25, 0.3) is 22.1 Å². The molecule has 2 bridgehead atoms. The number of nitrogens with zero attached hydrogens (tertiary/aromatic N) is 2. The summed E-state index contributed by atoms with van der Waals surface area (Å²) in [5.41, 5.74) is 3.92. The summed E-state index contributed by atoms with van der Waals surface area (Å²) in [4.78, 5) is 52.3. The van der Waals surface area contributed by atoms with Gasteiger partial charge in [-0.15, -0.1) is 0 Å². The van der Waals surface area contributed by atoms with Gasteiger partial charge in [0.25, 0.3) is 5.91 Å². The molecule has 2 aromatic carbocycles. The Balaban J connectivity index is 1.22. The van der Waals surface area contributed by atoms with Gasteiger partial charge in [0.15, 0.2) is 0 Å². The zero-order valence-electron chi connectivity index (χ0n) is 16.5. The number of imidazole rings is 2. The van der Waals surface area contributed by atoms with Gasteiger partial charge >= 0.3 is 5.69 Å². The molecule has 2 aliphatic heterocycles. The number of carbonyl (C=O) groups is 2. The molecule has 0 radical (unpaired) electrons. The maximum absolute atomic E-state index is 13.3. The summed E-state index contributed by atoms with van der Waals surface area (Å²) in [6, 6.07) is 10.7. The van der Waals surface area contributed by atoms with Crippen molar-refractivity contribution in [3.63, 3.8) is 0 Å². The standard InChI is InChI=1S/C22H20N6O3/c29-20(25-12-2-5-16-18(8-12)27-22(31)26-16)14-9-13-3-6-19(14)28(13)21(30)11-1-4-15-17(7-11)24-10-23-15/h1-2,4-5,7-8,10,13-14,19H,3,6,9H2,(H,23,24)(H,25,29)(H2,26,27,31). The van der Waals surface area contributed by atoms with Crippen molar-refractivity contribution in [3.8, 4) is 0 Å². The number of amides is 2. The Bertz CT molecular complexity index is 1400. The third-order valence-corrected chi connectivity index (χ3v) is 6.56. The van der Waals surface area contributed by atoms with E-state index in [9.17, 15) is 14.4 Å². The summed E-state index contributed by atoms with van der Waals surface area (Å²) in [6.45, 7) is 0. The van der Waals surface area contributed by atoms with Crippen LogP contribution >= 0.6 is 0 Å². The summed E-state index contributed by atoms with van der Waals surface area (Å²) in [6.07, 6.45) is 4.02. The molecule has 2 aromatic heterocycles. The molecular formula is C22H20N6O3. The maximum atomic E-state index is 13.3. The van der Waals surface area contributed by atoms with Crippen molar-refractivity contribution >= 4 is 39.6 Å². The Kier molecular flexibility index (Phi) is 3.80. The van der Waals surface area contributed by atoms with E-state index in [4.69, 9.17) is 0 Å². The van der Waals surface area contributed by atoms with E-state index in [1.165, 1.54) is 0 Å². The number of carbonyl (C=O) groups excluding carboxylic acids is 2. The lowest BCUT2D eigenvalue weighted by molar-refractivity contribution is -0.120. The lowest BCUT2D eigenvalue weighted by Gasteiger charge is -2.24. The smallest absolute Gasteiger partial charge is 0.323 e. The predicted octanol–water partition coefficient (Wildman–Crippen LogP) is 2.36. The minimum Gasteiger partial charge on any atom is -0.345 e. The first kappa shape index (κ1) is 17.9. The summed E-state index contributed by atoms with van der Waals surface area (Å²) < 4.78 is 0. The van der Waals surface area contributed by atoms with E-state index in [1.54, 1.807) is 30.6 Å². The maximum Gasteiger partial charge on any atom is 0.323 e. The van der Waals surface area contributed by atoms with Gasteiger partial charge in [-0.1, -0.05) is 0 Å². The molecule has 4 heterocycles. The first-order valence-electron chi connectivity index (χ1n) is 10.4. The van der Waals surface area contributed by atoms with Gasteiger partial charge in [0.1, 0.15) is 0 Å². The zero-order valence-corrected chi connectivity index (χ0v) is 16.5. The molecular weight excluding hydrogens is 396 g/mol. The average Bonchev–Trinajstić information content (AvgIpc) is 3.54. The molecule has 31 heavy (non-hydrogen) atoms. The molecule has 156 valence electrons. The van der Waals surface area contributed by atoms with Crippen molar-refractivity contribution < 1.29 is 9.59 Å². The van der Waals surface area contributed by atoms with Crippen LogP contribution in [0.1, 0.15) is 29.6 Å². The van der Waals surface area contributed by atoms with Crippen LogP contribution in [0.4, 0.5) is 5.69 Å². The predicted molar refractivity (Wildman–Crippen MR) is 115 cm³/mol. The van der Waals surface area contributed by atoms with Crippen LogP contribution in [0.5, 0.6) is 0 Å². The number of benzene rings is 2. The Morgan fingerprint density at radius 1 is 1.03 bits per heavy atom. The van der Waals surface area contributed by atoms with Gasteiger partial charge in [-0.2, -0.15) is 0 Å². The van der Waals surface area contributed by atoms with E-state index in [0.29, 0.717) is 28.7 Å². The van der Waals surface area contributed by atoms with Gasteiger partial charge in [0.2, 0.25) is 5.91 Å². The zero-order chi connectivity index (χ0) is 21.1. The molecule has 0 spiro atoms. The molecule has 0 saturated carbocycles. The van der Waals surface area contributed by atoms with Crippen molar-refractivity contribution in [3.05, 3.63) is 58.8 Å². The Hall–Kier alpha value is -3.88. The molecule has 4 aromatic rings. The van der Waals surface area contributed by atoms with Crippen LogP contribution in [0.15, 0.2) is 47.5 Å². The van der Waals surface area contributed by atoms with Crippen molar-refractivity contribution in [2.45, 2.75) is 31.3 Å². The topological polar surface area (TPSA) is 127 Å². The molecule has 2 aliphatic rings. The van der Waals surface area contributed by atoms with Gasteiger partial charge in [0, 0.05) is 23.3 Å². The molecule has 4 N–H and O–H groups in total. The number of aromatic amines is 3. The fourth-order valence-corrected chi connectivity index (χ4v) is 5.15. The van der Waals surface area contributed by atoms with Crippen LogP contribution in [0, 0.1) is 5.92 Å². The van der Waals surface area contributed by atoms with Crippen LogP contribution in [-0.4, -0.2) is 48.7 Å². The van der Waals surface area contributed by atoms with Gasteiger partial charge < -0.3 is 25.2 Å². The lowest BCUT2D eigenvalue weighted by Crippen LogP contribution is -2.39. The molecule has 9 heteroatoms. The Labute approximate surface area is 175 Å². The highest BCUT2D eigenvalue weighted by Gasteiger charge is 2.51. The second-order valence-corrected chi connectivity index (χ2v) is 8.32. The second kappa shape index (κ2) is 6.56. The van der Waals surface area contributed by atoms with E-state index >= 15 is 0 Å². The fraction of sp³-hybridized carbons (Fsp3) is 0.273. The van der Waals surface area contributed by atoms with Crippen molar-refractivity contribution in [2.24, 2.45) is 5.92 Å². The number of fused-ring (bicyclic) bond motifs is 4. The van der Waals surface area contributed by atoms with E-state index < -0.39 is 0 Å². The van der Waals surface area contributed by atoms with Gasteiger partial charge in [-0.05, 0) is 55.7 Å². The normalized spacial score (nSPS) is 22.5. The van der Waals surface area contributed by atoms with Gasteiger partial charge in [-0.25, -0.2) is 9.78 Å². The molecule has 3 atom stereocenters. The van der Waals surface area contributed by atoms with E-state index in [-0.39, 0.29) is 35.5 Å². The van der Waals surface area contributed by atoms with Crippen molar-refractivity contribution in [2.75, 3.05) is 5.32 Å². The number of nitrogens with one attached hydrogen (secondary N) is 4. The number of aromatic nitrogens is 4. The summed E-state index contributed by atoms with van der Waals surface area (Å²) in [5.74, 6) is -0.378. The highest BCUT2D eigenvalue weighted by molar-refractivity contribution is 6.00. The second-order valence-electron chi connectivity index (χ2n) is 8.32. The average molecular weight is 416 g/mol. The molecule has 9 nitrogen and oxygen atoms in total. The summed E-state index contributed by atoms with van der Waals surface area (Å²) in [5, 5.41) is 2.96.